The zero-order valence-electron chi connectivity index (χ0n) is 9.52. The van der Waals surface area contributed by atoms with Crippen molar-refractivity contribution in [2.24, 2.45) is 7.05 Å². The molecule has 0 aromatic carbocycles. The lowest BCUT2D eigenvalue weighted by Crippen LogP contribution is -2.21. The van der Waals surface area contributed by atoms with Gasteiger partial charge in [-0.2, -0.15) is 5.10 Å². The number of hydrogen-bond donors (Lipinski definition) is 2. The molecule has 0 aliphatic rings. The van der Waals surface area contributed by atoms with E-state index in [-0.39, 0.29) is 11.0 Å². The first-order valence-electron chi connectivity index (χ1n) is 5.06. The van der Waals surface area contributed by atoms with E-state index in [1.54, 1.807) is 30.9 Å². The summed E-state index contributed by atoms with van der Waals surface area (Å²) >= 11 is 0. The number of carbonyl (C=O) groups excluding carboxylic acids is 1. The second kappa shape index (κ2) is 4.25. The summed E-state index contributed by atoms with van der Waals surface area (Å²) in [4.78, 5) is 26.2. The first kappa shape index (κ1) is 11.1. The van der Waals surface area contributed by atoms with Crippen LogP contribution >= 0.6 is 0 Å². The van der Waals surface area contributed by atoms with Crippen molar-refractivity contribution in [1.29, 1.82) is 0 Å². The molecule has 0 spiro atoms. The monoisotopic (exact) mass is 232 g/mol. The summed E-state index contributed by atoms with van der Waals surface area (Å²) in [5.74, 6) is -0.0533. The highest BCUT2D eigenvalue weighted by atomic mass is 16.2. The van der Waals surface area contributed by atoms with Crippen molar-refractivity contribution in [1.82, 2.24) is 14.8 Å². The number of pyridine rings is 1. The maximum Gasteiger partial charge on any atom is 0.262 e. The lowest BCUT2D eigenvalue weighted by molar-refractivity contribution is 0.102. The molecule has 1 amide bonds. The number of nitrogens with one attached hydrogen (secondary N) is 2. The average Bonchev–Trinajstić information content (AvgIpc) is 2.63. The molecule has 88 valence electrons. The van der Waals surface area contributed by atoms with Gasteiger partial charge in [-0.25, -0.2) is 0 Å². The van der Waals surface area contributed by atoms with Gasteiger partial charge in [-0.1, -0.05) is 0 Å². The van der Waals surface area contributed by atoms with Crippen molar-refractivity contribution >= 4 is 11.7 Å². The molecule has 2 aromatic rings. The number of nitrogens with zero attached hydrogens (tertiary/aromatic N) is 2. The molecule has 2 aromatic heterocycles. The molecule has 17 heavy (non-hydrogen) atoms. The van der Waals surface area contributed by atoms with E-state index in [4.69, 9.17) is 0 Å². The van der Waals surface area contributed by atoms with Gasteiger partial charge < -0.3 is 10.3 Å². The summed E-state index contributed by atoms with van der Waals surface area (Å²) in [6.45, 7) is 1.75. The van der Waals surface area contributed by atoms with Gasteiger partial charge in [-0.15, -0.1) is 0 Å². The molecule has 6 heteroatoms. The van der Waals surface area contributed by atoms with Crippen LogP contribution in [0, 0.1) is 6.92 Å². The number of rotatable bonds is 2. The Morgan fingerprint density at radius 1 is 1.53 bits per heavy atom. The van der Waals surface area contributed by atoms with Crippen LogP contribution in [-0.2, 0) is 7.05 Å². The van der Waals surface area contributed by atoms with Crippen LogP contribution < -0.4 is 10.7 Å². The number of amides is 1. The van der Waals surface area contributed by atoms with E-state index in [1.165, 1.54) is 12.3 Å². The Bertz CT molecular complexity index is 612. The van der Waals surface area contributed by atoms with Gasteiger partial charge in [0.1, 0.15) is 5.56 Å². The average molecular weight is 232 g/mol. The molecule has 0 saturated carbocycles. The van der Waals surface area contributed by atoms with Gasteiger partial charge in [0, 0.05) is 37.3 Å². The summed E-state index contributed by atoms with van der Waals surface area (Å²) in [7, 11) is 1.74. The third-order valence-electron chi connectivity index (χ3n) is 2.26. The van der Waals surface area contributed by atoms with Crippen LogP contribution in [0.4, 0.5) is 5.82 Å². The third kappa shape index (κ3) is 2.41. The largest absolute Gasteiger partial charge is 0.364 e. The Morgan fingerprint density at radius 2 is 2.29 bits per heavy atom. The number of aromatic nitrogens is 3. The fourth-order valence-corrected chi connectivity index (χ4v) is 1.42. The maximum absolute atomic E-state index is 11.8. The van der Waals surface area contributed by atoms with Crippen molar-refractivity contribution in [3.05, 3.63) is 46.0 Å². The molecule has 0 radical (unpaired) electrons. The summed E-state index contributed by atoms with van der Waals surface area (Å²) in [6, 6.07) is 3.04. The first-order valence-corrected chi connectivity index (χ1v) is 5.06. The number of H-pyrrole nitrogens is 1. The number of carbonyl (C=O) groups is 1. The van der Waals surface area contributed by atoms with E-state index in [9.17, 15) is 9.59 Å². The van der Waals surface area contributed by atoms with Crippen LogP contribution in [0.2, 0.25) is 0 Å². The van der Waals surface area contributed by atoms with Gasteiger partial charge >= 0.3 is 0 Å². The van der Waals surface area contributed by atoms with Gasteiger partial charge in [0.2, 0.25) is 0 Å². The smallest absolute Gasteiger partial charge is 0.262 e. The van der Waals surface area contributed by atoms with E-state index in [0.717, 1.165) is 0 Å². The van der Waals surface area contributed by atoms with Crippen LogP contribution in [0.3, 0.4) is 0 Å². The van der Waals surface area contributed by atoms with E-state index < -0.39 is 5.91 Å². The number of anilines is 1. The highest BCUT2D eigenvalue weighted by Crippen LogP contribution is 2.03. The van der Waals surface area contributed by atoms with Crippen LogP contribution in [0.1, 0.15) is 16.1 Å². The topological polar surface area (TPSA) is 79.8 Å². The molecule has 2 heterocycles. The van der Waals surface area contributed by atoms with Gasteiger partial charge in [-0.3, -0.25) is 14.3 Å². The molecule has 0 aliphatic carbocycles. The lowest BCUT2D eigenvalue weighted by Gasteiger charge is -2.01. The van der Waals surface area contributed by atoms with Crippen molar-refractivity contribution < 1.29 is 4.79 Å². The summed E-state index contributed by atoms with van der Waals surface area (Å²) in [5.41, 5.74) is 0.473. The standard InChI is InChI=1S/C11H12N4O2/c1-7-5-9(16)8(6-12-7)11(17)13-10-3-4-15(2)14-10/h3-6H,1-2H3,(H,12,16)(H,13,14,17). The van der Waals surface area contributed by atoms with Crippen LogP contribution in [0.25, 0.3) is 0 Å². The second-order valence-corrected chi connectivity index (χ2v) is 3.72. The summed E-state index contributed by atoms with van der Waals surface area (Å²) in [5, 5.41) is 6.54. The van der Waals surface area contributed by atoms with Crippen molar-refractivity contribution in [3.63, 3.8) is 0 Å². The summed E-state index contributed by atoms with van der Waals surface area (Å²) in [6.07, 6.45) is 3.10. The minimum Gasteiger partial charge on any atom is -0.364 e. The Hall–Kier alpha value is -2.37. The first-order chi connectivity index (χ1) is 8.06. The minimum absolute atomic E-state index is 0.0706. The highest BCUT2D eigenvalue weighted by Gasteiger charge is 2.11. The molecular weight excluding hydrogens is 220 g/mol. The lowest BCUT2D eigenvalue weighted by atomic mass is 10.2. The quantitative estimate of drug-likeness (QED) is 0.798. The Labute approximate surface area is 97.3 Å². The molecular formula is C11H12N4O2. The van der Waals surface area contributed by atoms with Crippen LogP contribution in [-0.4, -0.2) is 20.7 Å². The van der Waals surface area contributed by atoms with Gasteiger partial charge in [0.05, 0.1) is 0 Å². The Balaban J connectivity index is 2.23. The zero-order chi connectivity index (χ0) is 12.4. The van der Waals surface area contributed by atoms with Crippen LogP contribution in [0.15, 0.2) is 29.3 Å². The van der Waals surface area contributed by atoms with E-state index in [0.29, 0.717) is 11.5 Å². The zero-order valence-corrected chi connectivity index (χ0v) is 9.52. The van der Waals surface area contributed by atoms with E-state index >= 15 is 0 Å². The number of aryl methyl sites for hydroxylation is 2. The molecule has 0 bridgehead atoms. The molecule has 0 fully saturated rings. The summed E-state index contributed by atoms with van der Waals surface area (Å²) < 4.78 is 1.56. The van der Waals surface area contributed by atoms with E-state index in [1.807, 2.05) is 0 Å². The van der Waals surface area contributed by atoms with Crippen molar-refractivity contribution in [2.45, 2.75) is 6.92 Å². The van der Waals surface area contributed by atoms with E-state index in [2.05, 4.69) is 15.4 Å². The fourth-order valence-electron chi connectivity index (χ4n) is 1.42. The molecule has 2 rings (SSSR count). The van der Waals surface area contributed by atoms with Gasteiger partial charge in [0.15, 0.2) is 11.2 Å². The number of aromatic amines is 1. The molecule has 0 unspecified atom stereocenters. The molecule has 2 N–H and O–H groups in total. The normalized spacial score (nSPS) is 10.2. The highest BCUT2D eigenvalue weighted by molar-refractivity contribution is 6.03. The van der Waals surface area contributed by atoms with Crippen molar-refractivity contribution in [2.75, 3.05) is 5.32 Å². The third-order valence-corrected chi connectivity index (χ3v) is 2.26. The predicted octanol–water partition coefficient (Wildman–Crippen LogP) is 0.669. The Morgan fingerprint density at radius 3 is 2.88 bits per heavy atom. The molecule has 0 saturated heterocycles. The Kier molecular flexibility index (Phi) is 2.78. The van der Waals surface area contributed by atoms with Gasteiger partial charge in [-0.05, 0) is 6.92 Å². The molecule has 0 atom stereocenters. The minimum atomic E-state index is -0.468. The molecule has 0 aliphatic heterocycles. The fraction of sp³-hybridized carbons (Fsp3) is 0.182. The van der Waals surface area contributed by atoms with Crippen LogP contribution in [0.5, 0.6) is 0 Å². The maximum atomic E-state index is 11.8. The molecule has 6 nitrogen and oxygen atoms in total. The van der Waals surface area contributed by atoms with Crippen molar-refractivity contribution in [3.8, 4) is 0 Å². The number of hydrogen-bond acceptors (Lipinski definition) is 3. The SMILES string of the molecule is Cc1cc(=O)c(C(=O)Nc2ccn(C)n2)c[nH]1. The van der Waals surface area contributed by atoms with Gasteiger partial charge in [0.25, 0.3) is 5.91 Å². The second-order valence-electron chi connectivity index (χ2n) is 3.72. The predicted molar refractivity (Wildman–Crippen MR) is 63.0 cm³/mol.